The van der Waals surface area contributed by atoms with Gasteiger partial charge in [-0.1, -0.05) is 20.8 Å². The van der Waals surface area contributed by atoms with Crippen LogP contribution in [0.1, 0.15) is 34.1 Å². The lowest BCUT2D eigenvalue weighted by Crippen LogP contribution is -2.26. The summed E-state index contributed by atoms with van der Waals surface area (Å²) in [5.74, 6) is 0.768. The lowest BCUT2D eigenvalue weighted by atomic mass is 9.98. The molecule has 2 nitrogen and oxygen atoms in total. The zero-order chi connectivity index (χ0) is 10.0. The summed E-state index contributed by atoms with van der Waals surface area (Å²) in [6, 6.07) is 0. The molecule has 1 aliphatic heterocycles. The number of carbonyl (C=O) groups is 1. The van der Waals surface area contributed by atoms with E-state index in [1.165, 1.54) is 5.57 Å². The van der Waals surface area contributed by atoms with Crippen molar-refractivity contribution in [1.29, 1.82) is 0 Å². The summed E-state index contributed by atoms with van der Waals surface area (Å²) in [5, 5.41) is 0. The lowest BCUT2D eigenvalue weighted by molar-refractivity contribution is -0.125. The number of rotatable bonds is 3. The maximum Gasteiger partial charge on any atom is 0.250 e. The molecule has 74 valence electrons. The molecule has 0 unspecified atom stereocenters. The highest BCUT2D eigenvalue weighted by Crippen LogP contribution is 2.26. The van der Waals surface area contributed by atoms with Crippen molar-refractivity contribution in [2.24, 2.45) is 5.92 Å². The number of hydrogen-bond donors (Lipinski definition) is 0. The molecule has 1 aliphatic rings. The first-order valence-electron chi connectivity index (χ1n) is 5.12. The second-order valence-electron chi connectivity index (χ2n) is 3.83. The van der Waals surface area contributed by atoms with E-state index in [0.29, 0.717) is 5.92 Å². The van der Waals surface area contributed by atoms with Gasteiger partial charge in [0.25, 0.3) is 0 Å². The maximum atomic E-state index is 11.8. The highest BCUT2D eigenvalue weighted by Gasteiger charge is 2.28. The molecule has 0 spiro atoms. The Bertz CT molecular complexity index is 240. The Morgan fingerprint density at radius 3 is 2.31 bits per heavy atom. The molecule has 0 radical (unpaired) electrons. The number of amides is 1. The molecule has 0 N–H and O–H groups in total. The molecular weight excluding hydrogens is 162 g/mol. The Morgan fingerprint density at radius 1 is 1.38 bits per heavy atom. The summed E-state index contributed by atoms with van der Waals surface area (Å²) in [6.45, 7) is 10.1. The molecular formula is C11H19NO. The van der Waals surface area contributed by atoms with Crippen molar-refractivity contribution in [1.82, 2.24) is 4.90 Å². The highest BCUT2D eigenvalue weighted by atomic mass is 16.2. The average Bonchev–Trinajstić information content (AvgIpc) is 2.42. The van der Waals surface area contributed by atoms with Crippen LogP contribution in [0.3, 0.4) is 0 Å². The van der Waals surface area contributed by atoms with E-state index < -0.39 is 0 Å². The third-order valence-electron chi connectivity index (χ3n) is 2.73. The van der Waals surface area contributed by atoms with E-state index in [4.69, 9.17) is 0 Å². The third-order valence-corrected chi connectivity index (χ3v) is 2.73. The van der Waals surface area contributed by atoms with Gasteiger partial charge in [-0.05, 0) is 24.8 Å². The normalized spacial score (nSPS) is 17.9. The monoisotopic (exact) mass is 181 g/mol. The van der Waals surface area contributed by atoms with E-state index in [2.05, 4.69) is 20.8 Å². The molecule has 0 bridgehead atoms. The first kappa shape index (κ1) is 10.3. The standard InChI is InChI=1S/C11H19NO/c1-5-9-10(8(3)4)7-12(6-2)11(9)13/h8H,5-7H2,1-4H3. The largest absolute Gasteiger partial charge is 0.335 e. The van der Waals surface area contributed by atoms with Gasteiger partial charge in [0.05, 0.1) is 0 Å². The van der Waals surface area contributed by atoms with E-state index in [-0.39, 0.29) is 5.91 Å². The summed E-state index contributed by atoms with van der Waals surface area (Å²) in [7, 11) is 0. The fourth-order valence-corrected chi connectivity index (χ4v) is 1.87. The molecule has 0 aliphatic carbocycles. The summed E-state index contributed by atoms with van der Waals surface area (Å²) in [6.07, 6.45) is 0.878. The van der Waals surface area contributed by atoms with E-state index in [1.807, 2.05) is 11.8 Å². The van der Waals surface area contributed by atoms with Crippen LogP contribution < -0.4 is 0 Å². The van der Waals surface area contributed by atoms with Crippen molar-refractivity contribution in [3.63, 3.8) is 0 Å². The van der Waals surface area contributed by atoms with Crippen molar-refractivity contribution in [3.8, 4) is 0 Å². The Kier molecular flexibility index (Phi) is 3.12. The van der Waals surface area contributed by atoms with Crippen LogP contribution in [0.25, 0.3) is 0 Å². The van der Waals surface area contributed by atoms with Gasteiger partial charge in [-0.15, -0.1) is 0 Å². The van der Waals surface area contributed by atoms with E-state index in [9.17, 15) is 4.79 Å². The second kappa shape index (κ2) is 3.95. The highest BCUT2D eigenvalue weighted by molar-refractivity contribution is 5.97. The van der Waals surface area contributed by atoms with Gasteiger partial charge < -0.3 is 4.90 Å². The lowest BCUT2D eigenvalue weighted by Gasteiger charge is -2.14. The number of hydrogen-bond acceptors (Lipinski definition) is 1. The van der Waals surface area contributed by atoms with Crippen LogP contribution in [0.4, 0.5) is 0 Å². The van der Waals surface area contributed by atoms with Crippen molar-refractivity contribution in [2.75, 3.05) is 13.1 Å². The quantitative estimate of drug-likeness (QED) is 0.653. The average molecular weight is 181 g/mol. The minimum Gasteiger partial charge on any atom is -0.335 e. The molecule has 0 saturated heterocycles. The first-order valence-corrected chi connectivity index (χ1v) is 5.12. The fraction of sp³-hybridized carbons (Fsp3) is 0.727. The molecule has 1 heterocycles. The Labute approximate surface area is 80.6 Å². The second-order valence-corrected chi connectivity index (χ2v) is 3.83. The van der Waals surface area contributed by atoms with Gasteiger partial charge in [0.15, 0.2) is 0 Å². The van der Waals surface area contributed by atoms with E-state index in [0.717, 1.165) is 25.1 Å². The topological polar surface area (TPSA) is 20.3 Å². The van der Waals surface area contributed by atoms with Gasteiger partial charge in [0.2, 0.25) is 5.91 Å². The fourth-order valence-electron chi connectivity index (χ4n) is 1.87. The van der Waals surface area contributed by atoms with Gasteiger partial charge in [0.1, 0.15) is 0 Å². The molecule has 0 fully saturated rings. The molecule has 0 aromatic rings. The summed E-state index contributed by atoms with van der Waals surface area (Å²) in [4.78, 5) is 13.7. The summed E-state index contributed by atoms with van der Waals surface area (Å²) in [5.41, 5.74) is 2.39. The van der Waals surface area contributed by atoms with Crippen LogP contribution in [-0.2, 0) is 4.79 Å². The SMILES string of the molecule is CCC1=C(C(C)C)CN(CC)C1=O. The van der Waals surface area contributed by atoms with Crippen molar-refractivity contribution < 1.29 is 4.79 Å². The van der Waals surface area contributed by atoms with Gasteiger partial charge in [0, 0.05) is 18.7 Å². The zero-order valence-electron chi connectivity index (χ0n) is 9.05. The van der Waals surface area contributed by atoms with Crippen molar-refractivity contribution in [2.45, 2.75) is 34.1 Å². The number of carbonyl (C=O) groups excluding carboxylic acids is 1. The van der Waals surface area contributed by atoms with Crippen LogP contribution in [0.5, 0.6) is 0 Å². The van der Waals surface area contributed by atoms with Crippen LogP contribution in [0.2, 0.25) is 0 Å². The summed E-state index contributed by atoms with van der Waals surface area (Å²) >= 11 is 0. The Morgan fingerprint density at radius 2 is 2.00 bits per heavy atom. The first-order chi connectivity index (χ1) is 6.11. The Balaban J connectivity index is 2.90. The van der Waals surface area contributed by atoms with Crippen LogP contribution >= 0.6 is 0 Å². The van der Waals surface area contributed by atoms with Crippen LogP contribution in [0.15, 0.2) is 11.1 Å². The predicted molar refractivity (Wildman–Crippen MR) is 54.4 cm³/mol. The zero-order valence-corrected chi connectivity index (χ0v) is 9.05. The van der Waals surface area contributed by atoms with E-state index >= 15 is 0 Å². The number of likely N-dealkylation sites (N-methyl/N-ethyl adjacent to an activating group) is 1. The molecule has 1 amide bonds. The van der Waals surface area contributed by atoms with Gasteiger partial charge in [-0.3, -0.25) is 4.79 Å². The van der Waals surface area contributed by atoms with Crippen LogP contribution in [0, 0.1) is 5.92 Å². The maximum absolute atomic E-state index is 11.8. The van der Waals surface area contributed by atoms with Crippen molar-refractivity contribution in [3.05, 3.63) is 11.1 Å². The van der Waals surface area contributed by atoms with Crippen LogP contribution in [-0.4, -0.2) is 23.9 Å². The van der Waals surface area contributed by atoms with Gasteiger partial charge in [-0.25, -0.2) is 0 Å². The van der Waals surface area contributed by atoms with Crippen molar-refractivity contribution >= 4 is 5.91 Å². The number of nitrogens with zero attached hydrogens (tertiary/aromatic N) is 1. The smallest absolute Gasteiger partial charge is 0.250 e. The van der Waals surface area contributed by atoms with Gasteiger partial charge in [-0.2, -0.15) is 0 Å². The molecule has 1 rings (SSSR count). The molecule has 0 saturated carbocycles. The molecule has 2 heteroatoms. The minimum atomic E-state index is 0.258. The summed E-state index contributed by atoms with van der Waals surface area (Å²) < 4.78 is 0. The molecule has 0 aromatic carbocycles. The minimum absolute atomic E-state index is 0.258. The van der Waals surface area contributed by atoms with E-state index in [1.54, 1.807) is 0 Å². The molecule has 0 atom stereocenters. The predicted octanol–water partition coefficient (Wildman–Crippen LogP) is 2.21. The molecule has 0 aromatic heterocycles. The molecule has 13 heavy (non-hydrogen) atoms. The van der Waals surface area contributed by atoms with Gasteiger partial charge >= 0.3 is 0 Å². The third kappa shape index (κ3) is 1.77. The Hall–Kier alpha value is -0.790.